The second-order valence-electron chi connectivity index (χ2n) is 5.56. The Bertz CT molecular complexity index is 872. The first-order valence-electron chi connectivity index (χ1n) is 7.79. The smallest absolute Gasteiger partial charge is 0.345 e. The number of phenolic OH excluding ortho intramolecular Hbond substituents is 3. The lowest BCUT2D eigenvalue weighted by Crippen LogP contribution is -2.28. The van der Waals surface area contributed by atoms with Crippen LogP contribution in [0.25, 0.3) is 6.08 Å². The van der Waals surface area contributed by atoms with Crippen LogP contribution in [-0.4, -0.2) is 45.6 Å². The monoisotopic (exact) mass is 374 g/mol. The number of carboxylic acids is 1. The first-order chi connectivity index (χ1) is 12.8. The summed E-state index contributed by atoms with van der Waals surface area (Å²) in [6, 6.07) is 8.29. The van der Waals surface area contributed by atoms with Gasteiger partial charge in [-0.05, 0) is 41.5 Å². The van der Waals surface area contributed by atoms with Crippen molar-refractivity contribution < 1.29 is 39.5 Å². The Kier molecular flexibility index (Phi) is 6.27. The SMILES string of the molecule is COc1ccc(/C=C/C(=O)OC(Cc2ccc(O)c(O)c2)C(=O)O)cc1O. The van der Waals surface area contributed by atoms with Crippen molar-refractivity contribution in [3.8, 4) is 23.0 Å². The number of aliphatic carboxylic acids is 1. The van der Waals surface area contributed by atoms with Crippen molar-refractivity contribution in [3.63, 3.8) is 0 Å². The molecule has 0 fully saturated rings. The van der Waals surface area contributed by atoms with E-state index in [0.717, 1.165) is 6.08 Å². The topological polar surface area (TPSA) is 134 Å². The predicted molar refractivity (Wildman–Crippen MR) is 94.7 cm³/mol. The maximum atomic E-state index is 11.9. The highest BCUT2D eigenvalue weighted by Gasteiger charge is 2.22. The lowest BCUT2D eigenvalue weighted by Gasteiger charge is -2.13. The lowest BCUT2D eigenvalue weighted by atomic mass is 10.1. The van der Waals surface area contributed by atoms with Gasteiger partial charge in [-0.25, -0.2) is 9.59 Å². The van der Waals surface area contributed by atoms with Crippen molar-refractivity contribution in [1.82, 2.24) is 0 Å². The lowest BCUT2D eigenvalue weighted by molar-refractivity contribution is -0.160. The third-order valence-electron chi connectivity index (χ3n) is 3.61. The van der Waals surface area contributed by atoms with Crippen molar-refractivity contribution in [3.05, 3.63) is 53.6 Å². The summed E-state index contributed by atoms with van der Waals surface area (Å²) in [5.74, 6) is -2.82. The van der Waals surface area contributed by atoms with Gasteiger partial charge in [0.25, 0.3) is 0 Å². The zero-order valence-electron chi connectivity index (χ0n) is 14.3. The summed E-state index contributed by atoms with van der Waals surface area (Å²) in [5, 5.41) is 37.7. The Morgan fingerprint density at radius 1 is 1.04 bits per heavy atom. The van der Waals surface area contributed by atoms with Crippen LogP contribution in [0.2, 0.25) is 0 Å². The number of hydrogen-bond donors (Lipinski definition) is 4. The number of phenols is 3. The normalized spacial score (nSPS) is 11.9. The van der Waals surface area contributed by atoms with E-state index < -0.39 is 23.8 Å². The van der Waals surface area contributed by atoms with Crippen LogP contribution in [-0.2, 0) is 20.7 Å². The van der Waals surface area contributed by atoms with E-state index in [1.54, 1.807) is 6.07 Å². The van der Waals surface area contributed by atoms with Gasteiger partial charge in [-0.3, -0.25) is 0 Å². The van der Waals surface area contributed by atoms with Gasteiger partial charge in [0.2, 0.25) is 6.10 Å². The van der Waals surface area contributed by atoms with Crippen molar-refractivity contribution in [1.29, 1.82) is 0 Å². The van der Waals surface area contributed by atoms with E-state index >= 15 is 0 Å². The van der Waals surface area contributed by atoms with Gasteiger partial charge in [-0.2, -0.15) is 0 Å². The van der Waals surface area contributed by atoms with Crippen molar-refractivity contribution in [2.24, 2.45) is 0 Å². The van der Waals surface area contributed by atoms with Crippen LogP contribution >= 0.6 is 0 Å². The number of esters is 1. The summed E-state index contributed by atoms with van der Waals surface area (Å²) in [4.78, 5) is 23.2. The number of methoxy groups -OCH3 is 1. The molecule has 8 heteroatoms. The number of carboxylic acid groups (broad SMARTS) is 1. The Labute approximate surface area is 154 Å². The average Bonchev–Trinajstić information content (AvgIpc) is 2.62. The molecule has 0 spiro atoms. The Morgan fingerprint density at radius 2 is 1.78 bits per heavy atom. The molecule has 0 heterocycles. The molecule has 0 radical (unpaired) electrons. The third kappa shape index (κ3) is 5.40. The molecule has 0 aliphatic rings. The molecule has 2 aromatic rings. The van der Waals surface area contributed by atoms with E-state index in [2.05, 4.69) is 0 Å². The molecule has 0 amide bonds. The minimum atomic E-state index is -1.48. The van der Waals surface area contributed by atoms with Crippen LogP contribution < -0.4 is 4.74 Å². The first kappa shape index (κ1) is 19.6. The van der Waals surface area contributed by atoms with Crippen LogP contribution in [0, 0.1) is 0 Å². The van der Waals surface area contributed by atoms with E-state index in [1.165, 1.54) is 43.5 Å². The summed E-state index contributed by atoms with van der Waals surface area (Å²) < 4.78 is 9.84. The molecule has 8 nitrogen and oxygen atoms in total. The summed E-state index contributed by atoms with van der Waals surface area (Å²) in [6.07, 6.45) is 0.722. The number of carbonyl (C=O) groups excluding carboxylic acids is 1. The highest BCUT2D eigenvalue weighted by atomic mass is 16.6. The Hall–Kier alpha value is -3.68. The number of ether oxygens (including phenoxy) is 2. The molecule has 4 N–H and O–H groups in total. The number of aromatic hydroxyl groups is 3. The van der Waals surface area contributed by atoms with Crippen LogP contribution in [0.1, 0.15) is 11.1 Å². The van der Waals surface area contributed by atoms with Gasteiger partial charge in [0.1, 0.15) is 0 Å². The van der Waals surface area contributed by atoms with Gasteiger partial charge in [0.05, 0.1) is 7.11 Å². The van der Waals surface area contributed by atoms with Gasteiger partial charge >= 0.3 is 11.9 Å². The summed E-state index contributed by atoms with van der Waals surface area (Å²) >= 11 is 0. The van der Waals surface area contributed by atoms with E-state index in [-0.39, 0.29) is 23.7 Å². The standard InChI is InChI=1S/C19H18O8/c1-26-16-6-3-11(8-15(16)22)4-7-18(23)27-17(19(24)25)10-12-2-5-13(20)14(21)9-12/h2-9,17,20-22H,10H2,1H3,(H,24,25)/b7-4+. The van der Waals surface area contributed by atoms with Gasteiger partial charge in [0.15, 0.2) is 23.0 Å². The molecule has 0 aliphatic carbocycles. The van der Waals surface area contributed by atoms with Crippen LogP contribution in [0.5, 0.6) is 23.0 Å². The highest BCUT2D eigenvalue weighted by Crippen LogP contribution is 2.27. The molecule has 142 valence electrons. The fourth-order valence-electron chi connectivity index (χ4n) is 2.24. The van der Waals surface area contributed by atoms with Crippen LogP contribution in [0.4, 0.5) is 0 Å². The first-order valence-corrected chi connectivity index (χ1v) is 7.79. The third-order valence-corrected chi connectivity index (χ3v) is 3.61. The van der Waals surface area contributed by atoms with Gasteiger partial charge in [0, 0.05) is 12.5 Å². The quantitative estimate of drug-likeness (QED) is 0.329. The maximum Gasteiger partial charge on any atom is 0.345 e. The second kappa shape index (κ2) is 8.61. The van der Waals surface area contributed by atoms with Gasteiger partial charge < -0.3 is 29.9 Å². The van der Waals surface area contributed by atoms with E-state index in [4.69, 9.17) is 9.47 Å². The van der Waals surface area contributed by atoms with E-state index in [1.807, 2.05) is 0 Å². The van der Waals surface area contributed by atoms with Crippen LogP contribution in [0.15, 0.2) is 42.5 Å². The summed E-state index contributed by atoms with van der Waals surface area (Å²) in [7, 11) is 1.40. The average molecular weight is 374 g/mol. The fourth-order valence-corrected chi connectivity index (χ4v) is 2.24. The van der Waals surface area contributed by atoms with Crippen molar-refractivity contribution in [2.45, 2.75) is 12.5 Å². The van der Waals surface area contributed by atoms with Crippen molar-refractivity contribution >= 4 is 18.0 Å². The zero-order valence-corrected chi connectivity index (χ0v) is 14.3. The number of hydrogen-bond acceptors (Lipinski definition) is 7. The molecular formula is C19H18O8. The Balaban J connectivity index is 2.04. The minimum Gasteiger partial charge on any atom is -0.504 e. The number of rotatable bonds is 7. The van der Waals surface area contributed by atoms with Crippen molar-refractivity contribution in [2.75, 3.05) is 7.11 Å². The molecule has 2 rings (SSSR count). The molecule has 0 aromatic heterocycles. The van der Waals surface area contributed by atoms with Gasteiger partial charge in [-0.15, -0.1) is 0 Å². The van der Waals surface area contributed by atoms with E-state index in [0.29, 0.717) is 11.1 Å². The predicted octanol–water partition coefficient (Wildman–Crippen LogP) is 2.06. The molecule has 2 aromatic carbocycles. The minimum absolute atomic E-state index is 0.108. The number of benzene rings is 2. The zero-order chi connectivity index (χ0) is 20.0. The number of carbonyl (C=O) groups is 2. The fraction of sp³-hybridized carbons (Fsp3) is 0.158. The largest absolute Gasteiger partial charge is 0.504 e. The molecule has 0 bridgehead atoms. The molecule has 0 saturated heterocycles. The van der Waals surface area contributed by atoms with E-state index in [9.17, 15) is 30.0 Å². The summed E-state index contributed by atoms with van der Waals surface area (Å²) in [5.41, 5.74) is 0.857. The molecule has 1 atom stereocenters. The molecule has 0 saturated carbocycles. The molecular weight excluding hydrogens is 356 g/mol. The molecule has 0 aliphatic heterocycles. The molecule has 27 heavy (non-hydrogen) atoms. The van der Waals surface area contributed by atoms with Gasteiger partial charge in [-0.1, -0.05) is 12.1 Å². The van der Waals surface area contributed by atoms with Crippen LogP contribution in [0.3, 0.4) is 0 Å². The highest BCUT2D eigenvalue weighted by molar-refractivity contribution is 5.89. The Morgan fingerprint density at radius 3 is 2.37 bits per heavy atom. The summed E-state index contributed by atoms with van der Waals surface area (Å²) in [6.45, 7) is 0. The maximum absolute atomic E-state index is 11.9. The second-order valence-corrected chi connectivity index (χ2v) is 5.56. The molecule has 1 unspecified atom stereocenters.